The number of carbonyl (C=O) groups is 1. The Hall–Kier alpha value is -2.69. The van der Waals surface area contributed by atoms with Crippen molar-refractivity contribution >= 4 is 5.91 Å². The number of methoxy groups -OCH3 is 1. The van der Waals surface area contributed by atoms with Crippen molar-refractivity contribution in [1.82, 2.24) is 5.32 Å². The molecule has 0 aliphatic carbocycles. The van der Waals surface area contributed by atoms with Crippen LogP contribution in [-0.4, -0.2) is 31.8 Å². The Bertz CT molecular complexity index is 684. The van der Waals surface area contributed by atoms with E-state index in [1.165, 1.54) is 0 Å². The van der Waals surface area contributed by atoms with E-state index in [-0.39, 0.29) is 18.1 Å². The molecule has 1 amide bonds. The van der Waals surface area contributed by atoms with Crippen molar-refractivity contribution in [1.29, 1.82) is 0 Å². The summed E-state index contributed by atoms with van der Waals surface area (Å²) in [5.41, 5.74) is 0.578. The lowest BCUT2D eigenvalue weighted by molar-refractivity contribution is 0.0606. The molecule has 120 valence electrons. The molecule has 1 aliphatic rings. The second-order valence-corrected chi connectivity index (χ2v) is 5.40. The van der Waals surface area contributed by atoms with Gasteiger partial charge in [0.1, 0.15) is 12.4 Å². The van der Waals surface area contributed by atoms with Crippen LogP contribution in [0, 0.1) is 0 Å². The normalized spacial score (nSPS) is 17.2. The molecular weight excluding hydrogens is 294 g/mol. The van der Waals surface area contributed by atoms with Crippen LogP contribution in [0.15, 0.2) is 48.5 Å². The number of benzene rings is 2. The molecule has 0 bridgehead atoms. The largest absolute Gasteiger partial charge is 0.497 e. The van der Waals surface area contributed by atoms with Crippen LogP contribution in [0.1, 0.15) is 17.3 Å². The van der Waals surface area contributed by atoms with E-state index in [0.29, 0.717) is 17.9 Å². The number of nitrogens with one attached hydrogen (secondary N) is 1. The second-order valence-electron chi connectivity index (χ2n) is 5.40. The summed E-state index contributed by atoms with van der Waals surface area (Å²) in [6.45, 7) is 2.31. The maximum Gasteiger partial charge on any atom is 0.251 e. The maximum atomic E-state index is 12.3. The van der Waals surface area contributed by atoms with Crippen LogP contribution in [0.2, 0.25) is 0 Å². The van der Waals surface area contributed by atoms with Gasteiger partial charge in [0.05, 0.1) is 13.2 Å². The first-order chi connectivity index (χ1) is 11.2. The zero-order valence-corrected chi connectivity index (χ0v) is 13.1. The fourth-order valence-corrected chi connectivity index (χ4v) is 2.41. The quantitative estimate of drug-likeness (QED) is 0.943. The third-order valence-electron chi connectivity index (χ3n) is 3.80. The predicted octanol–water partition coefficient (Wildman–Crippen LogP) is 2.65. The summed E-state index contributed by atoms with van der Waals surface area (Å²) in [5, 5.41) is 2.95. The van der Waals surface area contributed by atoms with E-state index in [1.54, 1.807) is 31.4 Å². The first-order valence-corrected chi connectivity index (χ1v) is 7.51. The molecule has 0 fully saturated rings. The van der Waals surface area contributed by atoms with E-state index in [0.717, 1.165) is 11.5 Å². The van der Waals surface area contributed by atoms with Crippen LogP contribution in [-0.2, 0) is 0 Å². The lowest BCUT2D eigenvalue weighted by atomic mass is 10.1. The first-order valence-electron chi connectivity index (χ1n) is 7.51. The highest BCUT2D eigenvalue weighted by Crippen LogP contribution is 2.31. The zero-order chi connectivity index (χ0) is 16.2. The molecule has 1 aliphatic heterocycles. The van der Waals surface area contributed by atoms with Gasteiger partial charge in [-0.25, -0.2) is 0 Å². The third-order valence-corrected chi connectivity index (χ3v) is 3.80. The number of ether oxygens (including phenoxy) is 3. The lowest BCUT2D eigenvalue weighted by Gasteiger charge is -2.30. The molecule has 0 aromatic heterocycles. The predicted molar refractivity (Wildman–Crippen MR) is 86.3 cm³/mol. The van der Waals surface area contributed by atoms with Gasteiger partial charge in [0, 0.05) is 5.56 Å². The van der Waals surface area contributed by atoms with Crippen molar-refractivity contribution < 1.29 is 19.0 Å². The van der Waals surface area contributed by atoms with Gasteiger partial charge in [-0.3, -0.25) is 4.79 Å². The smallest absolute Gasteiger partial charge is 0.251 e. The standard InChI is InChI=1S/C18H19NO4/c1-12(17-11-22-15-5-3-4-6-16(15)23-17)19-18(20)13-7-9-14(21-2)10-8-13/h3-10,12,17H,11H2,1-2H3,(H,19,20)/t12-,17-/m0/s1. The van der Waals surface area contributed by atoms with Gasteiger partial charge in [0.25, 0.3) is 5.91 Å². The average molecular weight is 313 g/mol. The minimum Gasteiger partial charge on any atom is -0.497 e. The van der Waals surface area contributed by atoms with Crippen LogP contribution in [0.5, 0.6) is 17.2 Å². The Balaban J connectivity index is 1.62. The number of hydrogen-bond acceptors (Lipinski definition) is 4. The molecule has 23 heavy (non-hydrogen) atoms. The van der Waals surface area contributed by atoms with Gasteiger partial charge in [0.2, 0.25) is 0 Å². The summed E-state index contributed by atoms with van der Waals surface area (Å²) in [4.78, 5) is 12.3. The van der Waals surface area contributed by atoms with Crippen molar-refractivity contribution in [3.8, 4) is 17.2 Å². The van der Waals surface area contributed by atoms with Crippen molar-refractivity contribution in [2.24, 2.45) is 0 Å². The van der Waals surface area contributed by atoms with Gasteiger partial charge in [-0.15, -0.1) is 0 Å². The molecule has 0 saturated carbocycles. The van der Waals surface area contributed by atoms with Crippen LogP contribution >= 0.6 is 0 Å². The van der Waals surface area contributed by atoms with Crippen molar-refractivity contribution in [2.45, 2.75) is 19.1 Å². The van der Waals surface area contributed by atoms with E-state index in [9.17, 15) is 4.79 Å². The highest BCUT2D eigenvalue weighted by molar-refractivity contribution is 5.94. The average Bonchev–Trinajstić information content (AvgIpc) is 2.61. The molecule has 0 spiro atoms. The first kappa shape index (κ1) is 15.2. The summed E-state index contributed by atoms with van der Waals surface area (Å²) in [6, 6.07) is 14.3. The number of carbonyl (C=O) groups excluding carboxylic acids is 1. The Kier molecular flexibility index (Phi) is 4.37. The fraction of sp³-hybridized carbons (Fsp3) is 0.278. The van der Waals surface area contributed by atoms with E-state index in [2.05, 4.69) is 5.32 Å². The van der Waals surface area contributed by atoms with E-state index < -0.39 is 0 Å². The number of amides is 1. The molecule has 0 radical (unpaired) electrons. The van der Waals surface area contributed by atoms with E-state index in [4.69, 9.17) is 14.2 Å². The maximum absolute atomic E-state index is 12.3. The molecule has 0 saturated heterocycles. The van der Waals surface area contributed by atoms with Gasteiger partial charge in [-0.05, 0) is 43.3 Å². The fourth-order valence-electron chi connectivity index (χ4n) is 2.41. The highest BCUT2D eigenvalue weighted by atomic mass is 16.6. The Morgan fingerprint density at radius 1 is 1.17 bits per heavy atom. The van der Waals surface area contributed by atoms with Gasteiger partial charge in [0.15, 0.2) is 17.6 Å². The molecule has 5 heteroatoms. The number of para-hydroxylation sites is 2. The summed E-state index contributed by atoms with van der Waals surface area (Å²) in [5.74, 6) is 2.00. The molecule has 2 aromatic rings. The topological polar surface area (TPSA) is 56.8 Å². The zero-order valence-electron chi connectivity index (χ0n) is 13.1. The van der Waals surface area contributed by atoms with Crippen molar-refractivity contribution in [3.05, 3.63) is 54.1 Å². The number of rotatable bonds is 4. The molecule has 1 heterocycles. The monoisotopic (exact) mass is 313 g/mol. The Labute approximate surface area is 135 Å². The van der Waals surface area contributed by atoms with Crippen LogP contribution in [0.4, 0.5) is 0 Å². The minimum absolute atomic E-state index is 0.150. The molecule has 2 atom stereocenters. The number of fused-ring (bicyclic) bond motifs is 1. The second kappa shape index (κ2) is 6.60. The summed E-state index contributed by atoms with van der Waals surface area (Å²) in [7, 11) is 1.59. The van der Waals surface area contributed by atoms with Gasteiger partial charge in [-0.2, -0.15) is 0 Å². The Morgan fingerprint density at radius 2 is 1.87 bits per heavy atom. The lowest BCUT2D eigenvalue weighted by Crippen LogP contribution is -2.48. The number of hydrogen-bond donors (Lipinski definition) is 1. The SMILES string of the molecule is COc1ccc(C(=O)N[C@@H](C)[C@@H]2COc3ccccc3O2)cc1. The van der Waals surface area contributed by atoms with Gasteiger partial charge in [-0.1, -0.05) is 12.1 Å². The van der Waals surface area contributed by atoms with E-state index in [1.807, 2.05) is 31.2 Å². The summed E-state index contributed by atoms with van der Waals surface area (Å²) >= 11 is 0. The van der Waals surface area contributed by atoms with Gasteiger partial charge >= 0.3 is 0 Å². The van der Waals surface area contributed by atoms with Crippen LogP contribution in [0.3, 0.4) is 0 Å². The van der Waals surface area contributed by atoms with E-state index >= 15 is 0 Å². The molecule has 1 N–H and O–H groups in total. The van der Waals surface area contributed by atoms with Crippen LogP contribution < -0.4 is 19.5 Å². The summed E-state index contributed by atoms with van der Waals surface area (Å²) in [6.07, 6.45) is -0.230. The Morgan fingerprint density at radius 3 is 2.57 bits per heavy atom. The summed E-state index contributed by atoms with van der Waals surface area (Å²) < 4.78 is 16.7. The molecule has 3 rings (SSSR count). The van der Waals surface area contributed by atoms with Crippen LogP contribution in [0.25, 0.3) is 0 Å². The highest BCUT2D eigenvalue weighted by Gasteiger charge is 2.27. The molecular formula is C18H19NO4. The van der Waals surface area contributed by atoms with Crippen molar-refractivity contribution in [3.63, 3.8) is 0 Å². The molecule has 0 unspecified atom stereocenters. The van der Waals surface area contributed by atoms with Crippen molar-refractivity contribution in [2.75, 3.05) is 13.7 Å². The third kappa shape index (κ3) is 3.39. The van der Waals surface area contributed by atoms with Gasteiger partial charge < -0.3 is 19.5 Å². The minimum atomic E-state index is -0.230. The molecule has 2 aromatic carbocycles. The molecule has 5 nitrogen and oxygen atoms in total.